The van der Waals surface area contributed by atoms with Gasteiger partial charge in [0, 0.05) is 5.69 Å². The number of hydrogen-bond donors (Lipinski definition) is 1. The van der Waals surface area contributed by atoms with Gasteiger partial charge in [-0.15, -0.1) is 0 Å². The van der Waals surface area contributed by atoms with Gasteiger partial charge in [0.05, 0.1) is 18.2 Å². The summed E-state index contributed by atoms with van der Waals surface area (Å²) in [5.74, 6) is 0.0487. The van der Waals surface area contributed by atoms with E-state index < -0.39 is 24.5 Å². The van der Waals surface area contributed by atoms with Crippen LogP contribution in [0.15, 0.2) is 48.5 Å². The number of anilines is 1. The van der Waals surface area contributed by atoms with Crippen molar-refractivity contribution in [1.82, 2.24) is 0 Å². The van der Waals surface area contributed by atoms with Gasteiger partial charge < -0.3 is 19.5 Å². The summed E-state index contributed by atoms with van der Waals surface area (Å²) in [6.07, 6.45) is 2.77. The van der Waals surface area contributed by atoms with Crippen LogP contribution < -0.4 is 10.1 Å². The van der Waals surface area contributed by atoms with E-state index in [0.717, 1.165) is 19.3 Å². The number of hydrogen-bond acceptors (Lipinski definition) is 6. The molecule has 0 aliphatic heterocycles. The fourth-order valence-electron chi connectivity index (χ4n) is 4.37. The highest BCUT2D eigenvalue weighted by Gasteiger charge is 2.34. The van der Waals surface area contributed by atoms with Crippen molar-refractivity contribution in [2.75, 3.05) is 19.0 Å². The summed E-state index contributed by atoms with van der Waals surface area (Å²) in [4.78, 5) is 37.9. The van der Waals surface area contributed by atoms with Gasteiger partial charge in [-0.25, -0.2) is 9.59 Å². The van der Waals surface area contributed by atoms with Gasteiger partial charge in [0.15, 0.2) is 6.61 Å². The molecular weight excluding hydrogens is 434 g/mol. The predicted octanol–water partition coefficient (Wildman–Crippen LogP) is 5.11. The Morgan fingerprint density at radius 3 is 2.24 bits per heavy atom. The van der Waals surface area contributed by atoms with Crippen LogP contribution in [0.25, 0.3) is 0 Å². The zero-order chi connectivity index (χ0) is 24.7. The summed E-state index contributed by atoms with van der Waals surface area (Å²) in [6.45, 7) is 5.97. The van der Waals surface area contributed by atoms with E-state index in [-0.39, 0.29) is 17.2 Å². The monoisotopic (exact) mass is 467 g/mol. The molecule has 1 aliphatic carbocycles. The number of rotatable bonds is 8. The molecule has 0 saturated heterocycles. The Labute approximate surface area is 200 Å². The molecule has 3 atom stereocenters. The lowest BCUT2D eigenvalue weighted by Crippen LogP contribution is -2.36. The maximum Gasteiger partial charge on any atom is 0.339 e. The molecule has 0 bridgehead atoms. The van der Waals surface area contributed by atoms with E-state index in [0.29, 0.717) is 29.2 Å². The number of esters is 2. The SMILES string of the molecule is COc1ccc(NC(=O)COC(=O)c2ccccc2C(=O)O[C@@H]2C[C@H](C)CC[C@@H]2C(C)C)cc1. The summed E-state index contributed by atoms with van der Waals surface area (Å²) < 4.78 is 16.2. The predicted molar refractivity (Wildman–Crippen MR) is 129 cm³/mol. The highest BCUT2D eigenvalue weighted by molar-refractivity contribution is 6.04. The van der Waals surface area contributed by atoms with E-state index in [1.54, 1.807) is 49.6 Å². The molecule has 2 aromatic rings. The van der Waals surface area contributed by atoms with Crippen molar-refractivity contribution < 1.29 is 28.6 Å². The van der Waals surface area contributed by atoms with Crippen LogP contribution >= 0.6 is 0 Å². The second kappa shape index (κ2) is 11.7. The lowest BCUT2D eigenvalue weighted by atomic mass is 9.75. The van der Waals surface area contributed by atoms with Crippen LogP contribution in [0.5, 0.6) is 5.75 Å². The van der Waals surface area contributed by atoms with E-state index in [4.69, 9.17) is 14.2 Å². The first-order valence-corrected chi connectivity index (χ1v) is 11.7. The maximum absolute atomic E-state index is 13.0. The van der Waals surface area contributed by atoms with Crippen molar-refractivity contribution in [2.24, 2.45) is 17.8 Å². The van der Waals surface area contributed by atoms with E-state index in [1.165, 1.54) is 6.07 Å². The fourth-order valence-corrected chi connectivity index (χ4v) is 4.37. The van der Waals surface area contributed by atoms with Crippen molar-refractivity contribution in [1.29, 1.82) is 0 Å². The third kappa shape index (κ3) is 6.59. The van der Waals surface area contributed by atoms with Crippen molar-refractivity contribution in [2.45, 2.75) is 46.1 Å². The van der Waals surface area contributed by atoms with Crippen LogP contribution in [0.3, 0.4) is 0 Å². The van der Waals surface area contributed by atoms with Gasteiger partial charge in [0.1, 0.15) is 11.9 Å². The van der Waals surface area contributed by atoms with E-state index in [1.807, 2.05) is 0 Å². The van der Waals surface area contributed by atoms with E-state index in [9.17, 15) is 14.4 Å². The molecule has 1 amide bonds. The van der Waals surface area contributed by atoms with Crippen LogP contribution in [0.1, 0.15) is 60.7 Å². The minimum absolute atomic E-state index is 0.0784. The molecule has 2 aromatic carbocycles. The number of ether oxygens (including phenoxy) is 3. The average molecular weight is 468 g/mol. The first-order valence-electron chi connectivity index (χ1n) is 11.7. The number of carbonyl (C=O) groups excluding carboxylic acids is 3. The van der Waals surface area contributed by atoms with Gasteiger partial charge in [-0.3, -0.25) is 4.79 Å². The molecule has 0 radical (unpaired) electrons. The molecule has 3 rings (SSSR count). The number of benzene rings is 2. The Balaban J connectivity index is 1.62. The molecule has 1 fully saturated rings. The maximum atomic E-state index is 13.0. The van der Waals surface area contributed by atoms with Crippen LogP contribution in [-0.4, -0.2) is 37.7 Å². The van der Waals surface area contributed by atoms with E-state index in [2.05, 4.69) is 26.1 Å². The first-order chi connectivity index (χ1) is 16.3. The minimum atomic E-state index is -0.755. The summed E-state index contributed by atoms with van der Waals surface area (Å²) in [5, 5.41) is 2.65. The molecule has 182 valence electrons. The zero-order valence-electron chi connectivity index (χ0n) is 20.2. The first kappa shape index (κ1) is 25.3. The number of carbonyl (C=O) groups is 3. The molecule has 7 heteroatoms. The molecule has 1 N–H and O–H groups in total. The highest BCUT2D eigenvalue weighted by Crippen LogP contribution is 2.35. The number of amides is 1. The molecule has 0 unspecified atom stereocenters. The highest BCUT2D eigenvalue weighted by atomic mass is 16.5. The quantitative estimate of drug-likeness (QED) is 0.543. The van der Waals surface area contributed by atoms with Crippen molar-refractivity contribution in [3.63, 3.8) is 0 Å². The fraction of sp³-hybridized carbons (Fsp3) is 0.444. The van der Waals surface area contributed by atoms with Crippen LogP contribution in [-0.2, 0) is 14.3 Å². The number of methoxy groups -OCH3 is 1. The summed E-state index contributed by atoms with van der Waals surface area (Å²) in [7, 11) is 1.55. The summed E-state index contributed by atoms with van der Waals surface area (Å²) in [6, 6.07) is 13.1. The molecule has 0 spiro atoms. The van der Waals surface area contributed by atoms with Gasteiger partial charge in [0.2, 0.25) is 0 Å². The summed E-state index contributed by atoms with van der Waals surface area (Å²) in [5.41, 5.74) is 0.769. The average Bonchev–Trinajstić information content (AvgIpc) is 2.83. The molecular formula is C27H33NO6. The molecule has 1 saturated carbocycles. The molecule has 34 heavy (non-hydrogen) atoms. The lowest BCUT2D eigenvalue weighted by Gasteiger charge is -2.36. The number of nitrogens with one attached hydrogen (secondary N) is 1. The third-order valence-electron chi connectivity index (χ3n) is 6.29. The second-order valence-corrected chi connectivity index (χ2v) is 9.17. The molecule has 7 nitrogen and oxygen atoms in total. The molecule has 0 aromatic heterocycles. The standard InChI is InChI=1S/C27H33NO6/c1-17(2)21-14-9-18(3)15-24(21)34-27(31)23-8-6-5-7-22(23)26(30)33-16-25(29)28-19-10-12-20(32-4)13-11-19/h5-8,10-13,17-18,21,24H,9,14-16H2,1-4H3,(H,28,29)/t18-,21-,24-/m1/s1. The van der Waals surface area contributed by atoms with Crippen molar-refractivity contribution in [3.8, 4) is 5.75 Å². The van der Waals surface area contributed by atoms with Crippen LogP contribution in [0.2, 0.25) is 0 Å². The Hall–Kier alpha value is -3.35. The van der Waals surface area contributed by atoms with Gasteiger partial charge in [0.25, 0.3) is 5.91 Å². The Morgan fingerprint density at radius 1 is 0.971 bits per heavy atom. The summed E-state index contributed by atoms with van der Waals surface area (Å²) >= 11 is 0. The molecule has 1 aliphatic rings. The second-order valence-electron chi connectivity index (χ2n) is 9.17. The van der Waals surface area contributed by atoms with E-state index >= 15 is 0 Å². The van der Waals surface area contributed by atoms with Crippen LogP contribution in [0.4, 0.5) is 5.69 Å². The van der Waals surface area contributed by atoms with Gasteiger partial charge in [-0.05, 0) is 67.0 Å². The topological polar surface area (TPSA) is 90.9 Å². The molecule has 0 heterocycles. The lowest BCUT2D eigenvalue weighted by molar-refractivity contribution is -0.119. The van der Waals surface area contributed by atoms with Gasteiger partial charge >= 0.3 is 11.9 Å². The van der Waals surface area contributed by atoms with Gasteiger partial charge in [-0.2, -0.15) is 0 Å². The normalized spacial score (nSPS) is 19.9. The Kier molecular flexibility index (Phi) is 8.68. The largest absolute Gasteiger partial charge is 0.497 e. The zero-order valence-corrected chi connectivity index (χ0v) is 20.2. The van der Waals surface area contributed by atoms with Gasteiger partial charge in [-0.1, -0.05) is 39.3 Å². The van der Waals surface area contributed by atoms with Crippen molar-refractivity contribution >= 4 is 23.5 Å². The minimum Gasteiger partial charge on any atom is -0.497 e. The Bertz CT molecular complexity index is 1000. The third-order valence-corrected chi connectivity index (χ3v) is 6.29. The van der Waals surface area contributed by atoms with Crippen LogP contribution in [0, 0.1) is 17.8 Å². The Morgan fingerprint density at radius 2 is 1.62 bits per heavy atom. The van der Waals surface area contributed by atoms with Crippen molar-refractivity contribution in [3.05, 3.63) is 59.7 Å². The smallest absolute Gasteiger partial charge is 0.339 e.